The molecule has 0 aliphatic rings. The van der Waals surface area contributed by atoms with E-state index in [0.717, 1.165) is 0 Å². The van der Waals surface area contributed by atoms with E-state index in [4.69, 9.17) is 11.6 Å². The maximum Gasteiger partial charge on any atom is 0.360 e. The third-order valence-corrected chi connectivity index (χ3v) is 2.07. The number of esters is 1. The van der Waals surface area contributed by atoms with Crippen LogP contribution in [0.2, 0.25) is 5.02 Å². The molecule has 5 nitrogen and oxygen atoms in total. The van der Waals surface area contributed by atoms with Gasteiger partial charge >= 0.3 is 5.97 Å². The van der Waals surface area contributed by atoms with Crippen LogP contribution in [0.3, 0.4) is 0 Å². The zero-order valence-corrected chi connectivity index (χ0v) is 8.02. The minimum atomic E-state index is -0.569. The molecule has 0 unspecified atom stereocenters. The first-order chi connectivity index (χ1) is 6.74. The fraction of sp³-hybridized carbons (Fsp3) is 0.125. The number of hydrogen-bond acceptors (Lipinski definition) is 4. The van der Waals surface area contributed by atoms with Crippen molar-refractivity contribution >= 4 is 23.2 Å². The van der Waals surface area contributed by atoms with Crippen molar-refractivity contribution < 1.29 is 9.53 Å². The SMILES string of the molecule is COC(=O)c1nn2cccnc2c1Cl. The van der Waals surface area contributed by atoms with Crippen molar-refractivity contribution in [3.05, 3.63) is 29.2 Å². The van der Waals surface area contributed by atoms with Crippen molar-refractivity contribution in [1.29, 1.82) is 0 Å². The number of halogens is 1. The van der Waals surface area contributed by atoms with E-state index in [1.807, 2.05) is 0 Å². The first-order valence-electron chi connectivity index (χ1n) is 3.81. The van der Waals surface area contributed by atoms with E-state index < -0.39 is 5.97 Å². The fourth-order valence-electron chi connectivity index (χ4n) is 1.09. The molecule has 0 saturated heterocycles. The Morgan fingerprint density at radius 3 is 3.07 bits per heavy atom. The summed E-state index contributed by atoms with van der Waals surface area (Å²) in [7, 11) is 1.27. The van der Waals surface area contributed by atoms with Gasteiger partial charge in [0.05, 0.1) is 7.11 Å². The molecule has 2 rings (SSSR count). The molecular weight excluding hydrogens is 206 g/mol. The van der Waals surface area contributed by atoms with E-state index in [0.29, 0.717) is 5.65 Å². The van der Waals surface area contributed by atoms with Crippen molar-refractivity contribution in [1.82, 2.24) is 14.6 Å². The van der Waals surface area contributed by atoms with E-state index in [1.54, 1.807) is 18.5 Å². The van der Waals surface area contributed by atoms with Gasteiger partial charge in [0.2, 0.25) is 0 Å². The van der Waals surface area contributed by atoms with E-state index in [-0.39, 0.29) is 10.7 Å². The zero-order chi connectivity index (χ0) is 10.1. The summed E-state index contributed by atoms with van der Waals surface area (Å²) >= 11 is 5.88. The first-order valence-corrected chi connectivity index (χ1v) is 4.19. The Hall–Kier alpha value is -1.62. The lowest BCUT2D eigenvalue weighted by atomic mass is 10.4. The number of nitrogens with zero attached hydrogens (tertiary/aromatic N) is 3. The molecule has 0 spiro atoms. The van der Waals surface area contributed by atoms with Gasteiger partial charge in [0.15, 0.2) is 11.3 Å². The van der Waals surface area contributed by atoms with Gasteiger partial charge in [0.25, 0.3) is 0 Å². The smallest absolute Gasteiger partial charge is 0.360 e. The Kier molecular flexibility index (Phi) is 2.09. The van der Waals surface area contributed by atoms with Crippen LogP contribution in [0.25, 0.3) is 5.65 Å². The van der Waals surface area contributed by atoms with Crippen molar-refractivity contribution in [2.75, 3.05) is 7.11 Å². The summed E-state index contributed by atoms with van der Waals surface area (Å²) in [4.78, 5) is 15.2. The summed E-state index contributed by atoms with van der Waals surface area (Å²) < 4.78 is 5.94. The van der Waals surface area contributed by atoms with Crippen LogP contribution in [0.1, 0.15) is 10.5 Å². The fourth-order valence-corrected chi connectivity index (χ4v) is 1.34. The molecule has 2 heterocycles. The van der Waals surface area contributed by atoms with Crippen LogP contribution in [-0.4, -0.2) is 27.7 Å². The highest BCUT2D eigenvalue weighted by Crippen LogP contribution is 2.19. The minimum Gasteiger partial charge on any atom is -0.464 e. The molecule has 0 aliphatic heterocycles. The summed E-state index contributed by atoms with van der Waals surface area (Å²) in [6.45, 7) is 0. The lowest BCUT2D eigenvalue weighted by molar-refractivity contribution is 0.0594. The Balaban J connectivity index is 2.68. The monoisotopic (exact) mass is 211 g/mol. The number of ether oxygens (including phenoxy) is 1. The molecular formula is C8H6ClN3O2. The molecule has 14 heavy (non-hydrogen) atoms. The predicted molar refractivity (Wildman–Crippen MR) is 49.3 cm³/mol. The molecule has 72 valence electrons. The number of aromatic nitrogens is 3. The van der Waals surface area contributed by atoms with Crippen LogP contribution >= 0.6 is 11.6 Å². The number of carbonyl (C=O) groups excluding carboxylic acids is 1. The molecule has 2 aromatic heterocycles. The Morgan fingerprint density at radius 1 is 1.64 bits per heavy atom. The van der Waals surface area contributed by atoms with E-state index in [2.05, 4.69) is 14.8 Å². The molecule has 0 aromatic carbocycles. The Labute approximate surface area is 84.3 Å². The minimum absolute atomic E-state index is 0.0767. The number of fused-ring (bicyclic) bond motifs is 1. The van der Waals surface area contributed by atoms with Crippen LogP contribution in [0.5, 0.6) is 0 Å². The number of rotatable bonds is 1. The average Bonchev–Trinajstić information content (AvgIpc) is 2.56. The molecule has 0 aliphatic carbocycles. The lowest BCUT2D eigenvalue weighted by Crippen LogP contribution is -2.02. The molecule has 2 aromatic rings. The predicted octanol–water partition coefficient (Wildman–Crippen LogP) is 1.17. The largest absolute Gasteiger partial charge is 0.464 e. The highest BCUT2D eigenvalue weighted by Gasteiger charge is 2.18. The average molecular weight is 212 g/mol. The van der Waals surface area contributed by atoms with Crippen LogP contribution in [0.4, 0.5) is 0 Å². The highest BCUT2D eigenvalue weighted by atomic mass is 35.5. The number of carbonyl (C=O) groups is 1. The van der Waals surface area contributed by atoms with Gasteiger partial charge in [-0.05, 0) is 6.07 Å². The molecule has 6 heteroatoms. The molecule has 0 radical (unpaired) electrons. The molecule has 0 amide bonds. The van der Waals surface area contributed by atoms with Crippen molar-refractivity contribution in [2.45, 2.75) is 0 Å². The van der Waals surface area contributed by atoms with E-state index >= 15 is 0 Å². The van der Waals surface area contributed by atoms with Crippen LogP contribution < -0.4 is 0 Å². The quantitative estimate of drug-likeness (QED) is 0.665. The Bertz CT molecular complexity index is 494. The van der Waals surface area contributed by atoms with Gasteiger partial charge < -0.3 is 4.74 Å². The Morgan fingerprint density at radius 2 is 2.43 bits per heavy atom. The summed E-state index contributed by atoms with van der Waals surface area (Å²) in [5.74, 6) is -0.569. The molecule has 0 saturated carbocycles. The summed E-state index contributed by atoms with van der Waals surface area (Å²) in [6.07, 6.45) is 3.23. The normalized spacial score (nSPS) is 10.4. The zero-order valence-electron chi connectivity index (χ0n) is 7.27. The molecule has 0 fully saturated rings. The van der Waals surface area contributed by atoms with E-state index in [9.17, 15) is 4.79 Å². The highest BCUT2D eigenvalue weighted by molar-refractivity contribution is 6.36. The van der Waals surface area contributed by atoms with Gasteiger partial charge in [-0.2, -0.15) is 5.10 Å². The summed E-state index contributed by atoms with van der Waals surface area (Å²) in [6, 6.07) is 1.69. The first kappa shape index (κ1) is 8.96. The van der Waals surface area contributed by atoms with Crippen molar-refractivity contribution in [2.24, 2.45) is 0 Å². The van der Waals surface area contributed by atoms with Gasteiger partial charge in [-0.1, -0.05) is 11.6 Å². The molecule has 0 bridgehead atoms. The maximum absolute atomic E-state index is 11.2. The summed E-state index contributed by atoms with van der Waals surface area (Å²) in [5, 5.41) is 4.14. The van der Waals surface area contributed by atoms with E-state index in [1.165, 1.54) is 11.6 Å². The van der Waals surface area contributed by atoms with Gasteiger partial charge in [0.1, 0.15) is 5.02 Å². The molecule has 0 atom stereocenters. The third kappa shape index (κ3) is 1.22. The number of methoxy groups -OCH3 is 1. The second-order valence-corrected chi connectivity index (χ2v) is 2.92. The standard InChI is InChI=1S/C8H6ClN3O2/c1-14-8(13)6-5(9)7-10-3-2-4-12(7)11-6/h2-4H,1H3. The van der Waals surface area contributed by atoms with Crippen LogP contribution in [0.15, 0.2) is 18.5 Å². The lowest BCUT2D eigenvalue weighted by Gasteiger charge is -1.91. The second kappa shape index (κ2) is 3.26. The van der Waals surface area contributed by atoms with Crippen LogP contribution in [-0.2, 0) is 4.74 Å². The second-order valence-electron chi connectivity index (χ2n) is 2.54. The van der Waals surface area contributed by atoms with Crippen molar-refractivity contribution in [3.63, 3.8) is 0 Å². The summed E-state index contributed by atoms with van der Waals surface area (Å²) in [5.41, 5.74) is 0.516. The maximum atomic E-state index is 11.2. The molecule has 0 N–H and O–H groups in total. The van der Waals surface area contributed by atoms with Gasteiger partial charge in [-0.3, -0.25) is 0 Å². The topological polar surface area (TPSA) is 56.5 Å². The van der Waals surface area contributed by atoms with Gasteiger partial charge in [-0.15, -0.1) is 0 Å². The van der Waals surface area contributed by atoms with Gasteiger partial charge in [-0.25, -0.2) is 14.3 Å². The van der Waals surface area contributed by atoms with Gasteiger partial charge in [0, 0.05) is 12.4 Å². The van der Waals surface area contributed by atoms with Crippen LogP contribution in [0, 0.1) is 0 Å². The van der Waals surface area contributed by atoms with Crippen molar-refractivity contribution in [3.8, 4) is 0 Å². The number of hydrogen-bond donors (Lipinski definition) is 0. The third-order valence-electron chi connectivity index (χ3n) is 1.72.